The highest BCUT2D eigenvalue weighted by Gasteiger charge is 2.40. The van der Waals surface area contributed by atoms with Crippen molar-refractivity contribution < 1.29 is 9.84 Å². The van der Waals surface area contributed by atoms with E-state index in [-0.39, 0.29) is 17.0 Å². The molecule has 2 rings (SSSR count). The summed E-state index contributed by atoms with van der Waals surface area (Å²) in [4.78, 5) is 18.8. The number of aromatic hydroxyl groups is 1. The van der Waals surface area contributed by atoms with Crippen LogP contribution in [0.1, 0.15) is 50.9 Å². The summed E-state index contributed by atoms with van der Waals surface area (Å²) in [6.07, 6.45) is 3.86. The highest BCUT2D eigenvalue weighted by atomic mass is 16.5. The third-order valence-electron chi connectivity index (χ3n) is 3.93. The molecule has 1 heterocycles. The standard InChI is InChI=1S/C14H22N2O3/c1-4-19-14(7-5-6-9(2)8-14)13-15-11(17)10(3)12(18)16-13/h9H,4-8H2,1-3H3,(H2,15,16,17,18). The monoisotopic (exact) mass is 266 g/mol. The smallest absolute Gasteiger partial charge is 0.257 e. The molecule has 2 atom stereocenters. The van der Waals surface area contributed by atoms with Crippen molar-refractivity contribution in [3.63, 3.8) is 0 Å². The fourth-order valence-corrected chi connectivity index (χ4v) is 2.93. The van der Waals surface area contributed by atoms with Gasteiger partial charge < -0.3 is 14.8 Å². The molecule has 19 heavy (non-hydrogen) atoms. The molecule has 0 radical (unpaired) electrons. The van der Waals surface area contributed by atoms with Gasteiger partial charge in [0.25, 0.3) is 5.56 Å². The third-order valence-corrected chi connectivity index (χ3v) is 3.93. The predicted octanol–water partition coefficient (Wildman–Crippen LogP) is 2.23. The van der Waals surface area contributed by atoms with Crippen molar-refractivity contribution in [1.82, 2.24) is 9.97 Å². The number of aromatic nitrogens is 2. The van der Waals surface area contributed by atoms with E-state index < -0.39 is 5.60 Å². The number of H-pyrrole nitrogens is 1. The fraction of sp³-hybridized carbons (Fsp3) is 0.714. The molecule has 0 aromatic carbocycles. The van der Waals surface area contributed by atoms with Crippen molar-refractivity contribution in [2.45, 2.75) is 52.1 Å². The summed E-state index contributed by atoms with van der Waals surface area (Å²) in [6.45, 7) is 6.24. The number of aromatic amines is 1. The number of hydrogen-bond donors (Lipinski definition) is 2. The zero-order valence-corrected chi connectivity index (χ0v) is 11.8. The van der Waals surface area contributed by atoms with Gasteiger partial charge in [-0.3, -0.25) is 4.79 Å². The average molecular weight is 266 g/mol. The number of nitrogens with zero attached hydrogens (tertiary/aromatic N) is 1. The Morgan fingerprint density at radius 2 is 2.32 bits per heavy atom. The Bertz CT molecular complexity index is 508. The second-order valence-electron chi connectivity index (χ2n) is 5.49. The van der Waals surface area contributed by atoms with E-state index in [9.17, 15) is 9.90 Å². The first kappa shape index (κ1) is 14.1. The molecule has 0 saturated heterocycles. The van der Waals surface area contributed by atoms with Crippen LogP contribution in [0.3, 0.4) is 0 Å². The van der Waals surface area contributed by atoms with Crippen molar-refractivity contribution in [2.75, 3.05) is 6.61 Å². The zero-order chi connectivity index (χ0) is 14.0. The zero-order valence-electron chi connectivity index (χ0n) is 11.8. The summed E-state index contributed by atoms with van der Waals surface area (Å²) in [5.74, 6) is 0.791. The van der Waals surface area contributed by atoms with Crippen LogP contribution in [0.15, 0.2) is 4.79 Å². The molecular formula is C14H22N2O3. The van der Waals surface area contributed by atoms with E-state index in [0.29, 0.717) is 18.3 Å². The molecule has 2 N–H and O–H groups in total. The van der Waals surface area contributed by atoms with Gasteiger partial charge >= 0.3 is 0 Å². The maximum Gasteiger partial charge on any atom is 0.257 e. The normalized spacial score (nSPS) is 27.4. The summed E-state index contributed by atoms with van der Waals surface area (Å²) in [6, 6.07) is 0. The van der Waals surface area contributed by atoms with Crippen LogP contribution in [0.25, 0.3) is 0 Å². The summed E-state index contributed by atoms with van der Waals surface area (Å²) in [7, 11) is 0. The Balaban J connectivity index is 2.47. The van der Waals surface area contributed by atoms with E-state index >= 15 is 0 Å². The molecule has 0 aliphatic heterocycles. The van der Waals surface area contributed by atoms with Gasteiger partial charge in [0.15, 0.2) is 0 Å². The third kappa shape index (κ3) is 2.66. The molecule has 1 fully saturated rings. The van der Waals surface area contributed by atoms with Crippen molar-refractivity contribution in [3.8, 4) is 5.88 Å². The van der Waals surface area contributed by atoms with E-state index in [4.69, 9.17) is 4.74 Å². The molecule has 5 nitrogen and oxygen atoms in total. The van der Waals surface area contributed by atoms with Gasteiger partial charge in [-0.25, -0.2) is 0 Å². The Labute approximate surface area is 113 Å². The van der Waals surface area contributed by atoms with Crippen LogP contribution in [-0.2, 0) is 10.3 Å². The fourth-order valence-electron chi connectivity index (χ4n) is 2.93. The number of ether oxygens (including phenoxy) is 1. The van der Waals surface area contributed by atoms with Gasteiger partial charge in [0.1, 0.15) is 11.4 Å². The Kier molecular flexibility index (Phi) is 3.94. The first-order valence-electron chi connectivity index (χ1n) is 6.93. The summed E-state index contributed by atoms with van der Waals surface area (Å²) >= 11 is 0. The Hall–Kier alpha value is -1.36. The van der Waals surface area contributed by atoms with E-state index in [2.05, 4.69) is 16.9 Å². The minimum Gasteiger partial charge on any atom is -0.493 e. The van der Waals surface area contributed by atoms with Crippen molar-refractivity contribution in [1.29, 1.82) is 0 Å². The molecule has 1 aliphatic rings. The van der Waals surface area contributed by atoms with Gasteiger partial charge in [-0.2, -0.15) is 4.98 Å². The van der Waals surface area contributed by atoms with Gasteiger partial charge in [0.2, 0.25) is 5.88 Å². The average Bonchev–Trinajstić information content (AvgIpc) is 2.35. The van der Waals surface area contributed by atoms with E-state index in [1.165, 1.54) is 0 Å². The van der Waals surface area contributed by atoms with Crippen LogP contribution in [0.4, 0.5) is 0 Å². The molecule has 1 saturated carbocycles. The maximum absolute atomic E-state index is 11.8. The van der Waals surface area contributed by atoms with Gasteiger partial charge in [0, 0.05) is 6.61 Å². The highest BCUT2D eigenvalue weighted by Crippen LogP contribution is 2.41. The number of nitrogens with one attached hydrogen (secondary N) is 1. The van der Waals surface area contributed by atoms with Crippen LogP contribution in [-0.4, -0.2) is 21.7 Å². The van der Waals surface area contributed by atoms with Gasteiger partial charge in [0.05, 0.1) is 5.56 Å². The van der Waals surface area contributed by atoms with Crippen molar-refractivity contribution in [3.05, 3.63) is 21.7 Å². The minimum absolute atomic E-state index is 0.198. The minimum atomic E-state index is -0.559. The molecule has 2 unspecified atom stereocenters. The van der Waals surface area contributed by atoms with Gasteiger partial charge in [-0.15, -0.1) is 0 Å². The second kappa shape index (κ2) is 5.33. The Morgan fingerprint density at radius 1 is 1.58 bits per heavy atom. The second-order valence-corrected chi connectivity index (χ2v) is 5.49. The summed E-state index contributed by atoms with van der Waals surface area (Å²) < 4.78 is 5.93. The first-order chi connectivity index (χ1) is 8.98. The van der Waals surface area contributed by atoms with Crippen LogP contribution < -0.4 is 5.56 Å². The molecule has 1 aromatic heterocycles. The lowest BCUT2D eigenvalue weighted by atomic mass is 9.78. The topological polar surface area (TPSA) is 75.2 Å². The number of rotatable bonds is 3. The molecule has 106 valence electrons. The molecule has 1 aliphatic carbocycles. The lowest BCUT2D eigenvalue weighted by Crippen LogP contribution is -2.38. The SMILES string of the molecule is CCOC1(c2nc(O)c(C)c(=O)[nH]2)CCCC(C)C1. The van der Waals surface area contributed by atoms with Crippen molar-refractivity contribution in [2.24, 2.45) is 5.92 Å². The highest BCUT2D eigenvalue weighted by molar-refractivity contribution is 5.22. The Morgan fingerprint density at radius 3 is 2.89 bits per heavy atom. The van der Waals surface area contributed by atoms with E-state index in [0.717, 1.165) is 25.7 Å². The molecule has 0 spiro atoms. The maximum atomic E-state index is 11.8. The summed E-state index contributed by atoms with van der Waals surface area (Å²) in [5, 5.41) is 9.77. The largest absolute Gasteiger partial charge is 0.493 e. The van der Waals surface area contributed by atoms with Gasteiger partial charge in [-0.05, 0) is 39.0 Å². The quantitative estimate of drug-likeness (QED) is 0.879. The molecule has 0 amide bonds. The molecule has 5 heteroatoms. The molecule has 1 aromatic rings. The first-order valence-corrected chi connectivity index (χ1v) is 6.93. The van der Waals surface area contributed by atoms with E-state index in [1.807, 2.05) is 6.92 Å². The lowest BCUT2D eigenvalue weighted by molar-refractivity contribution is -0.0885. The van der Waals surface area contributed by atoms with Crippen LogP contribution in [0.5, 0.6) is 5.88 Å². The van der Waals surface area contributed by atoms with E-state index in [1.54, 1.807) is 6.92 Å². The van der Waals surface area contributed by atoms with Crippen molar-refractivity contribution >= 4 is 0 Å². The van der Waals surface area contributed by atoms with Crippen LogP contribution in [0.2, 0.25) is 0 Å². The van der Waals surface area contributed by atoms with Gasteiger partial charge in [-0.1, -0.05) is 13.3 Å². The number of hydrogen-bond acceptors (Lipinski definition) is 4. The lowest BCUT2D eigenvalue weighted by Gasteiger charge is -2.38. The van der Waals surface area contributed by atoms with Crippen LogP contribution >= 0.6 is 0 Å². The van der Waals surface area contributed by atoms with Crippen LogP contribution in [0, 0.1) is 12.8 Å². The molecule has 0 bridgehead atoms. The predicted molar refractivity (Wildman–Crippen MR) is 72.2 cm³/mol. The molecular weight excluding hydrogens is 244 g/mol. The summed E-state index contributed by atoms with van der Waals surface area (Å²) in [5.41, 5.74) is -0.601.